The van der Waals surface area contributed by atoms with Crippen molar-refractivity contribution in [3.63, 3.8) is 0 Å². The largest absolute Gasteiger partial charge is 0.325 e. The van der Waals surface area contributed by atoms with Crippen LogP contribution >= 0.6 is 0 Å². The summed E-state index contributed by atoms with van der Waals surface area (Å²) in [6.45, 7) is 9.72. The predicted octanol–water partition coefficient (Wildman–Crippen LogP) is 2.25. The van der Waals surface area contributed by atoms with Gasteiger partial charge in [-0.25, -0.2) is 0 Å². The highest BCUT2D eigenvalue weighted by atomic mass is 14.7. The highest BCUT2D eigenvalue weighted by Crippen LogP contribution is 2.11. The second-order valence-corrected chi connectivity index (χ2v) is 3.41. The molecule has 58 valence electrons. The Labute approximate surface area is 63.6 Å². The number of hydrogen-bond acceptors (Lipinski definition) is 1. The van der Waals surface area contributed by atoms with Crippen LogP contribution in [-0.2, 0) is 0 Å². The maximum absolute atomic E-state index is 5.79. The number of allylic oxidation sites excluding steroid dienone is 2. The van der Waals surface area contributed by atoms with Gasteiger partial charge in [0.15, 0.2) is 0 Å². The van der Waals surface area contributed by atoms with Crippen molar-refractivity contribution in [3.8, 4) is 0 Å². The van der Waals surface area contributed by atoms with Crippen LogP contribution in [0.25, 0.3) is 0 Å². The van der Waals surface area contributed by atoms with E-state index in [1.165, 1.54) is 5.57 Å². The van der Waals surface area contributed by atoms with Gasteiger partial charge in [0.05, 0.1) is 0 Å². The minimum absolute atomic E-state index is 0.0937. The minimum atomic E-state index is -0.0937. The van der Waals surface area contributed by atoms with Crippen molar-refractivity contribution < 1.29 is 0 Å². The van der Waals surface area contributed by atoms with Gasteiger partial charge in [-0.3, -0.25) is 0 Å². The average molecular weight is 139 g/mol. The molecular formula is C9H17N. The number of hydrogen-bond donors (Lipinski definition) is 1. The Hall–Kier alpha value is -0.560. The van der Waals surface area contributed by atoms with E-state index in [4.69, 9.17) is 5.73 Å². The van der Waals surface area contributed by atoms with E-state index in [1.54, 1.807) is 6.08 Å². The van der Waals surface area contributed by atoms with E-state index in [0.717, 1.165) is 6.42 Å². The van der Waals surface area contributed by atoms with Gasteiger partial charge in [0, 0.05) is 5.54 Å². The summed E-state index contributed by atoms with van der Waals surface area (Å²) < 4.78 is 0. The van der Waals surface area contributed by atoms with Gasteiger partial charge >= 0.3 is 0 Å². The summed E-state index contributed by atoms with van der Waals surface area (Å²) in [6, 6.07) is 0. The zero-order chi connectivity index (χ0) is 8.20. The zero-order valence-corrected chi connectivity index (χ0v) is 7.15. The summed E-state index contributed by atoms with van der Waals surface area (Å²) in [5.74, 6) is 0. The van der Waals surface area contributed by atoms with E-state index in [-0.39, 0.29) is 5.54 Å². The van der Waals surface area contributed by atoms with Gasteiger partial charge in [0.25, 0.3) is 0 Å². The lowest BCUT2D eigenvalue weighted by atomic mass is 9.97. The molecular weight excluding hydrogens is 122 g/mol. The highest BCUT2D eigenvalue weighted by molar-refractivity contribution is 5.10. The van der Waals surface area contributed by atoms with Gasteiger partial charge in [-0.1, -0.05) is 24.3 Å². The molecule has 0 aliphatic carbocycles. The van der Waals surface area contributed by atoms with E-state index in [9.17, 15) is 0 Å². The molecule has 0 aromatic heterocycles. The molecule has 0 aliphatic heterocycles. The fourth-order valence-electron chi connectivity index (χ4n) is 0.979. The van der Waals surface area contributed by atoms with Gasteiger partial charge in [-0.15, -0.1) is 0 Å². The molecule has 0 amide bonds. The molecule has 0 saturated heterocycles. The molecule has 1 nitrogen and oxygen atoms in total. The smallest absolute Gasteiger partial charge is 0.0134 e. The van der Waals surface area contributed by atoms with Crippen molar-refractivity contribution in [3.05, 3.63) is 24.3 Å². The van der Waals surface area contributed by atoms with Gasteiger partial charge < -0.3 is 5.73 Å². The first-order valence-electron chi connectivity index (χ1n) is 3.53. The maximum Gasteiger partial charge on any atom is 0.0134 e. The summed E-state index contributed by atoms with van der Waals surface area (Å²) >= 11 is 0. The van der Waals surface area contributed by atoms with Gasteiger partial charge in [-0.05, 0) is 27.2 Å². The summed E-state index contributed by atoms with van der Waals surface area (Å²) in [7, 11) is 0. The first-order chi connectivity index (χ1) is 4.45. The van der Waals surface area contributed by atoms with E-state index in [2.05, 4.69) is 13.5 Å². The molecule has 0 atom stereocenters. The van der Waals surface area contributed by atoms with Crippen LogP contribution in [0.4, 0.5) is 0 Å². The molecule has 0 bridgehead atoms. The normalized spacial score (nSPS) is 13.4. The van der Waals surface area contributed by atoms with Crippen molar-refractivity contribution in [2.75, 3.05) is 0 Å². The van der Waals surface area contributed by atoms with Crippen molar-refractivity contribution in [2.24, 2.45) is 5.73 Å². The van der Waals surface area contributed by atoms with Crippen molar-refractivity contribution in [2.45, 2.75) is 32.7 Å². The molecule has 0 aliphatic rings. The predicted molar refractivity (Wildman–Crippen MR) is 46.8 cm³/mol. The average Bonchev–Trinajstić information content (AvgIpc) is 1.59. The van der Waals surface area contributed by atoms with Crippen LogP contribution in [0.3, 0.4) is 0 Å². The molecule has 1 heteroatoms. The maximum atomic E-state index is 5.79. The van der Waals surface area contributed by atoms with E-state index < -0.39 is 0 Å². The Kier molecular flexibility index (Phi) is 3.37. The zero-order valence-electron chi connectivity index (χ0n) is 7.15. The molecule has 10 heavy (non-hydrogen) atoms. The summed E-state index contributed by atoms with van der Waals surface area (Å²) in [5.41, 5.74) is 6.98. The Morgan fingerprint density at radius 2 is 2.10 bits per heavy atom. The molecule has 0 radical (unpaired) electrons. The molecule has 0 unspecified atom stereocenters. The van der Waals surface area contributed by atoms with Gasteiger partial charge in [-0.2, -0.15) is 0 Å². The Bertz CT molecular complexity index is 137. The fraction of sp³-hybridized carbons (Fsp3) is 0.556. The Morgan fingerprint density at radius 1 is 1.60 bits per heavy atom. The molecule has 2 N–H and O–H groups in total. The molecule has 0 aromatic rings. The number of rotatable bonds is 3. The lowest BCUT2D eigenvalue weighted by molar-refractivity contribution is 0.514. The first-order valence-corrected chi connectivity index (χ1v) is 3.53. The number of nitrogens with two attached hydrogens (primary N) is 1. The van der Waals surface area contributed by atoms with Crippen LogP contribution in [0.15, 0.2) is 24.3 Å². The van der Waals surface area contributed by atoms with Crippen LogP contribution in [0.2, 0.25) is 0 Å². The van der Waals surface area contributed by atoms with Crippen molar-refractivity contribution >= 4 is 0 Å². The molecule has 0 heterocycles. The summed E-state index contributed by atoms with van der Waals surface area (Å²) in [4.78, 5) is 0. The lowest BCUT2D eigenvalue weighted by Crippen LogP contribution is -2.31. The van der Waals surface area contributed by atoms with Gasteiger partial charge in [0.1, 0.15) is 0 Å². The standard InChI is InChI=1S/C9H17N/c1-5-6-8(2)7-9(3,4)10/h5-6H,1,7,10H2,2-4H3/b8-6+. The van der Waals surface area contributed by atoms with Crippen molar-refractivity contribution in [1.29, 1.82) is 0 Å². The second kappa shape index (κ2) is 3.57. The highest BCUT2D eigenvalue weighted by Gasteiger charge is 2.09. The van der Waals surface area contributed by atoms with E-state index >= 15 is 0 Å². The van der Waals surface area contributed by atoms with E-state index in [1.807, 2.05) is 19.9 Å². The third-order valence-corrected chi connectivity index (χ3v) is 1.14. The molecule has 0 spiro atoms. The molecule has 0 rings (SSSR count). The topological polar surface area (TPSA) is 26.0 Å². The quantitative estimate of drug-likeness (QED) is 0.596. The monoisotopic (exact) mass is 139 g/mol. The first kappa shape index (κ1) is 9.44. The van der Waals surface area contributed by atoms with E-state index in [0.29, 0.717) is 0 Å². The Morgan fingerprint density at radius 3 is 2.40 bits per heavy atom. The van der Waals surface area contributed by atoms with Crippen LogP contribution in [0.1, 0.15) is 27.2 Å². The van der Waals surface area contributed by atoms with Crippen LogP contribution in [0, 0.1) is 0 Å². The van der Waals surface area contributed by atoms with Crippen molar-refractivity contribution in [1.82, 2.24) is 0 Å². The third kappa shape index (κ3) is 5.57. The summed E-state index contributed by atoms with van der Waals surface area (Å²) in [5, 5.41) is 0. The minimum Gasteiger partial charge on any atom is -0.325 e. The second-order valence-electron chi connectivity index (χ2n) is 3.41. The van der Waals surface area contributed by atoms with Crippen LogP contribution < -0.4 is 5.73 Å². The Balaban J connectivity index is 3.91. The molecule has 0 saturated carbocycles. The summed E-state index contributed by atoms with van der Waals surface area (Å²) in [6.07, 6.45) is 4.72. The third-order valence-electron chi connectivity index (χ3n) is 1.14. The lowest BCUT2D eigenvalue weighted by Gasteiger charge is -2.18. The molecule has 0 aromatic carbocycles. The SMILES string of the molecule is C=C/C=C(\C)CC(C)(C)N. The fourth-order valence-corrected chi connectivity index (χ4v) is 0.979. The van der Waals surface area contributed by atoms with Crippen LogP contribution in [-0.4, -0.2) is 5.54 Å². The van der Waals surface area contributed by atoms with Gasteiger partial charge in [0.2, 0.25) is 0 Å². The molecule has 0 fully saturated rings. The van der Waals surface area contributed by atoms with Crippen LogP contribution in [0.5, 0.6) is 0 Å².